The average Bonchev–Trinajstić information content (AvgIpc) is 2.16. The lowest BCUT2D eigenvalue weighted by molar-refractivity contribution is -0.131. The van der Waals surface area contributed by atoms with Crippen LogP contribution in [-0.4, -0.2) is 23.1 Å². The van der Waals surface area contributed by atoms with Crippen LogP contribution in [0.1, 0.15) is 10.4 Å². The third-order valence-corrected chi connectivity index (χ3v) is 2.71. The van der Waals surface area contributed by atoms with Crippen molar-refractivity contribution in [2.75, 3.05) is 6.26 Å². The van der Waals surface area contributed by atoms with E-state index in [-0.39, 0.29) is 10.6 Å². The summed E-state index contributed by atoms with van der Waals surface area (Å²) < 4.78 is 0. The standard InChI is InChI=1S/C9H7ClO3S/c1-14-6-4-2-3-5(10)7(6)8(11)9(12)13/h2-4H,1H3,(H,12,13). The number of carboxylic acids is 1. The van der Waals surface area contributed by atoms with Crippen molar-refractivity contribution in [2.45, 2.75) is 4.90 Å². The molecule has 0 fully saturated rings. The van der Waals surface area contributed by atoms with E-state index in [1.54, 1.807) is 18.4 Å². The average molecular weight is 231 g/mol. The first-order valence-corrected chi connectivity index (χ1v) is 5.28. The summed E-state index contributed by atoms with van der Waals surface area (Å²) in [4.78, 5) is 22.3. The van der Waals surface area contributed by atoms with Crippen LogP contribution in [0.25, 0.3) is 0 Å². The van der Waals surface area contributed by atoms with Gasteiger partial charge in [0, 0.05) is 4.90 Å². The number of hydrogen-bond donors (Lipinski definition) is 1. The number of Topliss-reactive ketones (excluding diaryl/α,β-unsaturated/α-hetero) is 1. The van der Waals surface area contributed by atoms with Gasteiger partial charge in [-0.25, -0.2) is 4.79 Å². The molecule has 0 aliphatic rings. The Bertz CT molecular complexity index is 390. The van der Waals surface area contributed by atoms with Crippen LogP contribution < -0.4 is 0 Å². The van der Waals surface area contributed by atoms with E-state index in [9.17, 15) is 9.59 Å². The maximum atomic E-state index is 11.2. The van der Waals surface area contributed by atoms with Crippen molar-refractivity contribution in [1.29, 1.82) is 0 Å². The fraction of sp³-hybridized carbons (Fsp3) is 0.111. The van der Waals surface area contributed by atoms with E-state index in [0.29, 0.717) is 4.90 Å². The maximum Gasteiger partial charge on any atom is 0.377 e. The first-order valence-electron chi connectivity index (χ1n) is 3.68. The van der Waals surface area contributed by atoms with Gasteiger partial charge in [-0.15, -0.1) is 11.8 Å². The quantitative estimate of drug-likeness (QED) is 0.492. The highest BCUT2D eigenvalue weighted by Crippen LogP contribution is 2.27. The van der Waals surface area contributed by atoms with Gasteiger partial charge >= 0.3 is 5.97 Å². The van der Waals surface area contributed by atoms with Crippen molar-refractivity contribution in [3.05, 3.63) is 28.8 Å². The Morgan fingerprint density at radius 3 is 2.57 bits per heavy atom. The summed E-state index contributed by atoms with van der Waals surface area (Å²) >= 11 is 7.04. The van der Waals surface area contributed by atoms with Crippen LogP contribution >= 0.6 is 23.4 Å². The molecule has 1 aromatic carbocycles. The van der Waals surface area contributed by atoms with Crippen LogP contribution in [0, 0.1) is 0 Å². The van der Waals surface area contributed by atoms with E-state index in [4.69, 9.17) is 16.7 Å². The SMILES string of the molecule is CSc1cccc(Cl)c1C(=O)C(=O)O. The molecule has 0 atom stereocenters. The molecule has 0 aliphatic carbocycles. The molecule has 1 aromatic rings. The number of carbonyl (C=O) groups is 2. The summed E-state index contributed by atoms with van der Waals surface area (Å²) in [6, 6.07) is 4.83. The molecule has 14 heavy (non-hydrogen) atoms. The number of halogens is 1. The van der Waals surface area contributed by atoms with Gasteiger partial charge in [-0.05, 0) is 18.4 Å². The Hall–Kier alpha value is -1.00. The van der Waals surface area contributed by atoms with Gasteiger partial charge < -0.3 is 5.11 Å². The van der Waals surface area contributed by atoms with Gasteiger partial charge in [0.05, 0.1) is 10.6 Å². The second-order valence-corrected chi connectivity index (χ2v) is 3.71. The van der Waals surface area contributed by atoms with Gasteiger partial charge in [-0.2, -0.15) is 0 Å². The number of carbonyl (C=O) groups excluding carboxylic acids is 1. The summed E-state index contributed by atoms with van der Waals surface area (Å²) in [7, 11) is 0. The van der Waals surface area contributed by atoms with Gasteiger partial charge in [-0.3, -0.25) is 4.79 Å². The summed E-state index contributed by atoms with van der Waals surface area (Å²) in [5.41, 5.74) is 0.0640. The molecule has 1 N–H and O–H groups in total. The van der Waals surface area contributed by atoms with Crippen LogP contribution in [0.5, 0.6) is 0 Å². The van der Waals surface area contributed by atoms with Crippen molar-refractivity contribution in [2.24, 2.45) is 0 Å². The number of thioether (sulfide) groups is 1. The molecule has 3 nitrogen and oxygen atoms in total. The van der Waals surface area contributed by atoms with Crippen LogP contribution in [0.3, 0.4) is 0 Å². The summed E-state index contributed by atoms with van der Waals surface area (Å²) in [5, 5.41) is 8.73. The first-order chi connectivity index (χ1) is 6.57. The Labute approximate surface area is 90.1 Å². The van der Waals surface area contributed by atoms with E-state index in [1.807, 2.05) is 0 Å². The molecule has 0 aromatic heterocycles. The van der Waals surface area contributed by atoms with Crippen molar-refractivity contribution >= 4 is 35.1 Å². The van der Waals surface area contributed by atoms with Crippen molar-refractivity contribution in [1.82, 2.24) is 0 Å². The Morgan fingerprint density at radius 2 is 2.07 bits per heavy atom. The highest BCUT2D eigenvalue weighted by atomic mass is 35.5. The Morgan fingerprint density at radius 1 is 1.43 bits per heavy atom. The topological polar surface area (TPSA) is 54.4 Å². The molecule has 0 heterocycles. The molecule has 0 unspecified atom stereocenters. The molecule has 0 radical (unpaired) electrons. The van der Waals surface area contributed by atoms with Gasteiger partial charge in [0.1, 0.15) is 0 Å². The minimum Gasteiger partial charge on any atom is -0.475 e. The van der Waals surface area contributed by atoms with Gasteiger partial charge in [0.25, 0.3) is 5.78 Å². The second-order valence-electron chi connectivity index (χ2n) is 2.45. The Kier molecular flexibility index (Phi) is 3.55. The zero-order valence-electron chi connectivity index (χ0n) is 7.28. The number of benzene rings is 1. The van der Waals surface area contributed by atoms with E-state index < -0.39 is 11.8 Å². The van der Waals surface area contributed by atoms with Crippen LogP contribution in [0.2, 0.25) is 5.02 Å². The van der Waals surface area contributed by atoms with Crippen LogP contribution in [0.15, 0.2) is 23.1 Å². The molecule has 0 aliphatic heterocycles. The van der Waals surface area contributed by atoms with E-state index >= 15 is 0 Å². The maximum absolute atomic E-state index is 11.2. The lowest BCUT2D eigenvalue weighted by Crippen LogP contribution is -2.14. The lowest BCUT2D eigenvalue weighted by Gasteiger charge is -2.05. The molecular weight excluding hydrogens is 224 g/mol. The lowest BCUT2D eigenvalue weighted by atomic mass is 10.1. The highest BCUT2D eigenvalue weighted by molar-refractivity contribution is 7.98. The molecule has 0 amide bonds. The molecule has 1 rings (SSSR count). The number of ketones is 1. The van der Waals surface area contributed by atoms with Crippen molar-refractivity contribution in [3.63, 3.8) is 0 Å². The second kappa shape index (κ2) is 4.48. The monoisotopic (exact) mass is 230 g/mol. The third-order valence-electron chi connectivity index (χ3n) is 1.62. The molecule has 74 valence electrons. The molecular formula is C9H7ClO3S. The minimum absolute atomic E-state index is 0.0640. The van der Waals surface area contributed by atoms with Gasteiger partial charge in [0.2, 0.25) is 0 Å². The minimum atomic E-state index is -1.49. The summed E-state index contributed by atoms with van der Waals surface area (Å²) in [6.45, 7) is 0. The van der Waals surface area contributed by atoms with E-state index in [1.165, 1.54) is 17.8 Å². The molecule has 0 saturated carbocycles. The zero-order valence-corrected chi connectivity index (χ0v) is 8.85. The first kappa shape index (κ1) is 11.1. The molecule has 0 bridgehead atoms. The van der Waals surface area contributed by atoms with Crippen LogP contribution in [0.4, 0.5) is 0 Å². The normalized spacial score (nSPS) is 9.86. The third kappa shape index (κ3) is 2.08. The van der Waals surface area contributed by atoms with E-state index in [2.05, 4.69) is 0 Å². The Balaban J connectivity index is 3.30. The number of aliphatic carboxylic acids is 1. The smallest absolute Gasteiger partial charge is 0.377 e. The number of rotatable bonds is 3. The largest absolute Gasteiger partial charge is 0.475 e. The summed E-state index contributed by atoms with van der Waals surface area (Å²) in [5.74, 6) is -2.46. The highest BCUT2D eigenvalue weighted by Gasteiger charge is 2.21. The molecule has 0 spiro atoms. The van der Waals surface area contributed by atoms with E-state index in [0.717, 1.165) is 0 Å². The molecule has 5 heteroatoms. The van der Waals surface area contributed by atoms with Crippen LogP contribution in [-0.2, 0) is 4.79 Å². The number of carboxylic acid groups (broad SMARTS) is 1. The van der Waals surface area contributed by atoms with Gasteiger partial charge in [0.15, 0.2) is 0 Å². The molecule has 0 saturated heterocycles. The number of hydrogen-bond acceptors (Lipinski definition) is 3. The van der Waals surface area contributed by atoms with Crippen molar-refractivity contribution in [3.8, 4) is 0 Å². The predicted molar refractivity (Wildman–Crippen MR) is 55.2 cm³/mol. The zero-order chi connectivity index (χ0) is 10.7. The fourth-order valence-corrected chi connectivity index (χ4v) is 1.94. The fourth-order valence-electron chi connectivity index (χ4n) is 1.00. The summed E-state index contributed by atoms with van der Waals surface area (Å²) in [6.07, 6.45) is 1.75. The van der Waals surface area contributed by atoms with Crippen molar-refractivity contribution < 1.29 is 14.7 Å². The van der Waals surface area contributed by atoms with Gasteiger partial charge in [-0.1, -0.05) is 17.7 Å². The predicted octanol–water partition coefficient (Wildman–Crippen LogP) is 2.33.